The zero-order valence-corrected chi connectivity index (χ0v) is 9.22. The van der Waals surface area contributed by atoms with E-state index in [0.717, 1.165) is 6.08 Å². The lowest BCUT2D eigenvalue weighted by atomic mass is 9.83. The lowest BCUT2D eigenvalue weighted by Crippen LogP contribution is -2.56. The van der Waals surface area contributed by atoms with Gasteiger partial charge in [-0.3, -0.25) is 0 Å². The minimum Gasteiger partial charge on any atom is -0.387 e. The number of hydrogen-bond acceptors (Lipinski definition) is 3. The van der Waals surface area contributed by atoms with Crippen LogP contribution in [-0.4, -0.2) is 36.0 Å². The Bertz CT molecular complexity index is 343. The van der Waals surface area contributed by atoms with Crippen molar-refractivity contribution in [1.29, 1.82) is 0 Å². The van der Waals surface area contributed by atoms with Crippen molar-refractivity contribution in [3.05, 3.63) is 23.9 Å². The van der Waals surface area contributed by atoms with E-state index < -0.39 is 23.5 Å². The SMILES string of the molecule is OC1(C2C=CC=C(C(F)(F)F)N2)CCNCC1. The van der Waals surface area contributed by atoms with Crippen molar-refractivity contribution in [2.24, 2.45) is 0 Å². The van der Waals surface area contributed by atoms with E-state index in [1.807, 2.05) is 0 Å². The molecular weight excluding hydrogens is 233 g/mol. The normalized spacial score (nSPS) is 28.5. The molecule has 1 atom stereocenters. The van der Waals surface area contributed by atoms with Crippen LogP contribution in [0.5, 0.6) is 0 Å². The fourth-order valence-electron chi connectivity index (χ4n) is 2.19. The predicted octanol–water partition coefficient (Wildman–Crippen LogP) is 1.08. The Hall–Kier alpha value is -1.01. The maximum Gasteiger partial charge on any atom is 0.430 e. The molecule has 2 heterocycles. The van der Waals surface area contributed by atoms with Crippen LogP contribution in [0.4, 0.5) is 13.2 Å². The molecule has 0 amide bonds. The van der Waals surface area contributed by atoms with E-state index in [1.54, 1.807) is 6.08 Å². The van der Waals surface area contributed by atoms with Crippen LogP contribution in [0.25, 0.3) is 0 Å². The van der Waals surface area contributed by atoms with Crippen molar-refractivity contribution < 1.29 is 18.3 Å². The van der Waals surface area contributed by atoms with Crippen molar-refractivity contribution >= 4 is 0 Å². The first-order chi connectivity index (χ1) is 7.92. The molecule has 0 aliphatic carbocycles. The van der Waals surface area contributed by atoms with E-state index in [4.69, 9.17) is 0 Å². The summed E-state index contributed by atoms with van der Waals surface area (Å²) in [5, 5.41) is 15.8. The van der Waals surface area contributed by atoms with Gasteiger partial charge in [0.1, 0.15) is 5.70 Å². The summed E-state index contributed by atoms with van der Waals surface area (Å²) in [5.41, 5.74) is -1.90. The minimum absolute atomic E-state index is 0.445. The molecule has 1 unspecified atom stereocenters. The average Bonchev–Trinajstić information content (AvgIpc) is 2.29. The van der Waals surface area contributed by atoms with Gasteiger partial charge >= 0.3 is 6.18 Å². The number of halogens is 3. The number of aliphatic hydroxyl groups is 1. The molecule has 3 nitrogen and oxygen atoms in total. The molecule has 0 radical (unpaired) electrons. The van der Waals surface area contributed by atoms with E-state index in [0.29, 0.717) is 25.9 Å². The first-order valence-electron chi connectivity index (χ1n) is 5.57. The second-order valence-electron chi connectivity index (χ2n) is 4.44. The molecule has 17 heavy (non-hydrogen) atoms. The fraction of sp³-hybridized carbons (Fsp3) is 0.636. The van der Waals surface area contributed by atoms with Crippen LogP contribution >= 0.6 is 0 Å². The number of allylic oxidation sites excluding steroid dienone is 3. The maximum absolute atomic E-state index is 12.5. The molecule has 0 spiro atoms. The van der Waals surface area contributed by atoms with E-state index in [1.165, 1.54) is 6.08 Å². The molecule has 6 heteroatoms. The molecule has 0 saturated carbocycles. The highest BCUT2D eigenvalue weighted by atomic mass is 19.4. The summed E-state index contributed by atoms with van der Waals surface area (Å²) in [6, 6.07) is -0.675. The van der Waals surface area contributed by atoms with Gasteiger partial charge in [0.05, 0.1) is 11.6 Å². The Labute approximate surface area is 97.4 Å². The molecular formula is C11H15F3N2O. The Kier molecular flexibility index (Phi) is 3.18. The van der Waals surface area contributed by atoms with Gasteiger partial charge in [-0.05, 0) is 32.0 Å². The van der Waals surface area contributed by atoms with Crippen LogP contribution in [0, 0.1) is 0 Å². The number of piperidine rings is 1. The van der Waals surface area contributed by atoms with Gasteiger partial charge in [-0.15, -0.1) is 0 Å². The van der Waals surface area contributed by atoms with Crippen LogP contribution in [0.3, 0.4) is 0 Å². The molecule has 2 aliphatic heterocycles. The van der Waals surface area contributed by atoms with Crippen LogP contribution in [-0.2, 0) is 0 Å². The van der Waals surface area contributed by atoms with Crippen molar-refractivity contribution in [2.75, 3.05) is 13.1 Å². The standard InChI is InChI=1S/C11H15F3N2O/c12-11(13,14)9-3-1-2-8(16-9)10(17)4-6-15-7-5-10/h1-3,8,15-17H,4-7H2. The summed E-state index contributed by atoms with van der Waals surface area (Å²) in [7, 11) is 0. The van der Waals surface area contributed by atoms with Gasteiger partial charge in [-0.25, -0.2) is 0 Å². The summed E-state index contributed by atoms with van der Waals surface area (Å²) >= 11 is 0. The molecule has 2 aliphatic rings. The largest absolute Gasteiger partial charge is 0.430 e. The van der Waals surface area contributed by atoms with Gasteiger partial charge in [0, 0.05) is 0 Å². The third kappa shape index (κ3) is 2.63. The van der Waals surface area contributed by atoms with E-state index >= 15 is 0 Å². The molecule has 0 aromatic carbocycles. The first-order valence-corrected chi connectivity index (χ1v) is 5.57. The number of dihydropyridines is 1. The van der Waals surface area contributed by atoms with Gasteiger partial charge in [0.15, 0.2) is 0 Å². The highest BCUT2D eigenvalue weighted by Crippen LogP contribution is 2.30. The van der Waals surface area contributed by atoms with Crippen molar-refractivity contribution in [3.63, 3.8) is 0 Å². The molecule has 2 rings (SSSR count). The molecule has 96 valence electrons. The lowest BCUT2D eigenvalue weighted by Gasteiger charge is -2.40. The predicted molar refractivity (Wildman–Crippen MR) is 57.3 cm³/mol. The number of nitrogens with one attached hydrogen (secondary N) is 2. The summed E-state index contributed by atoms with van der Waals surface area (Å²) in [6.45, 7) is 1.24. The summed E-state index contributed by atoms with van der Waals surface area (Å²) in [5.74, 6) is 0. The Morgan fingerprint density at radius 2 is 1.94 bits per heavy atom. The number of alkyl halides is 3. The van der Waals surface area contributed by atoms with Gasteiger partial charge in [0.25, 0.3) is 0 Å². The fourth-order valence-corrected chi connectivity index (χ4v) is 2.19. The number of hydrogen-bond donors (Lipinski definition) is 3. The Morgan fingerprint density at radius 1 is 1.29 bits per heavy atom. The van der Waals surface area contributed by atoms with Gasteiger partial charge in [-0.2, -0.15) is 13.2 Å². The molecule has 3 N–H and O–H groups in total. The van der Waals surface area contributed by atoms with Crippen LogP contribution in [0.1, 0.15) is 12.8 Å². The van der Waals surface area contributed by atoms with Crippen LogP contribution < -0.4 is 10.6 Å². The highest BCUT2D eigenvalue weighted by molar-refractivity contribution is 5.26. The Balaban J connectivity index is 2.10. The first kappa shape index (κ1) is 12.4. The topological polar surface area (TPSA) is 44.3 Å². The van der Waals surface area contributed by atoms with Gasteiger partial charge < -0.3 is 15.7 Å². The van der Waals surface area contributed by atoms with E-state index in [-0.39, 0.29) is 0 Å². The van der Waals surface area contributed by atoms with E-state index in [9.17, 15) is 18.3 Å². The summed E-state index contributed by atoms with van der Waals surface area (Å²) in [6.07, 6.45) is 0.415. The molecule has 0 aromatic heterocycles. The molecule has 1 fully saturated rings. The number of rotatable bonds is 1. The van der Waals surface area contributed by atoms with Gasteiger partial charge in [0.2, 0.25) is 0 Å². The van der Waals surface area contributed by atoms with Crippen molar-refractivity contribution in [3.8, 4) is 0 Å². The summed E-state index contributed by atoms with van der Waals surface area (Å²) < 4.78 is 37.6. The minimum atomic E-state index is -4.40. The van der Waals surface area contributed by atoms with Gasteiger partial charge in [-0.1, -0.05) is 12.2 Å². The quantitative estimate of drug-likeness (QED) is 0.650. The van der Waals surface area contributed by atoms with Crippen molar-refractivity contribution in [2.45, 2.75) is 30.7 Å². The van der Waals surface area contributed by atoms with Crippen molar-refractivity contribution in [1.82, 2.24) is 10.6 Å². The van der Waals surface area contributed by atoms with E-state index in [2.05, 4.69) is 10.6 Å². The monoisotopic (exact) mass is 248 g/mol. The van der Waals surface area contributed by atoms with Crippen LogP contribution in [0.2, 0.25) is 0 Å². The second kappa shape index (κ2) is 4.34. The smallest absolute Gasteiger partial charge is 0.387 e. The van der Waals surface area contributed by atoms with Crippen LogP contribution in [0.15, 0.2) is 23.9 Å². The lowest BCUT2D eigenvalue weighted by molar-refractivity contribution is -0.102. The maximum atomic E-state index is 12.5. The zero-order chi connectivity index (χ0) is 12.5. The third-order valence-electron chi connectivity index (χ3n) is 3.23. The third-order valence-corrected chi connectivity index (χ3v) is 3.23. The molecule has 1 saturated heterocycles. The second-order valence-corrected chi connectivity index (χ2v) is 4.44. The highest BCUT2D eigenvalue weighted by Gasteiger charge is 2.42. The molecule has 0 bridgehead atoms. The summed E-state index contributed by atoms with van der Waals surface area (Å²) in [4.78, 5) is 0. The Morgan fingerprint density at radius 3 is 2.53 bits per heavy atom. The average molecular weight is 248 g/mol. The molecule has 0 aromatic rings. The zero-order valence-electron chi connectivity index (χ0n) is 9.22.